The third-order valence-corrected chi connectivity index (χ3v) is 3.25. The molecule has 0 unspecified atom stereocenters. The molecule has 18 heavy (non-hydrogen) atoms. The number of hydrogen-bond donors (Lipinski definition) is 1. The van der Waals surface area contributed by atoms with Crippen LogP contribution in [0.4, 0.5) is 0 Å². The van der Waals surface area contributed by atoms with Crippen molar-refractivity contribution in [2.45, 2.75) is 20.8 Å². The predicted molar refractivity (Wildman–Crippen MR) is 80.3 cm³/mol. The maximum absolute atomic E-state index is 5.85. The Morgan fingerprint density at radius 3 is 2.56 bits per heavy atom. The third-order valence-electron chi connectivity index (χ3n) is 3.03. The van der Waals surface area contributed by atoms with Gasteiger partial charge < -0.3 is 15.4 Å². The maximum Gasteiger partial charge on any atom is 0.132 e. The van der Waals surface area contributed by atoms with Gasteiger partial charge in [0.25, 0.3) is 0 Å². The summed E-state index contributed by atoms with van der Waals surface area (Å²) >= 11 is 5.04. The molecule has 3 nitrogen and oxygen atoms in total. The fraction of sp³-hybridized carbons (Fsp3) is 0.500. The summed E-state index contributed by atoms with van der Waals surface area (Å²) in [7, 11) is 0. The number of hydrogen-bond acceptors (Lipinski definition) is 3. The van der Waals surface area contributed by atoms with Gasteiger partial charge in [-0.2, -0.15) is 0 Å². The number of para-hydroxylation sites is 1. The van der Waals surface area contributed by atoms with Gasteiger partial charge >= 0.3 is 0 Å². The molecule has 1 aromatic carbocycles. The summed E-state index contributed by atoms with van der Waals surface area (Å²) in [5.41, 5.74) is 7.60. The van der Waals surface area contributed by atoms with Crippen LogP contribution in [0.25, 0.3) is 0 Å². The zero-order chi connectivity index (χ0) is 13.5. The Morgan fingerprint density at radius 1 is 1.33 bits per heavy atom. The van der Waals surface area contributed by atoms with Crippen LogP contribution in [0.5, 0.6) is 5.75 Å². The summed E-state index contributed by atoms with van der Waals surface area (Å²) in [5, 5.41) is 0. The minimum absolute atomic E-state index is 0.386. The molecule has 0 aliphatic rings. The first-order chi connectivity index (χ1) is 8.60. The van der Waals surface area contributed by atoms with E-state index in [0.717, 1.165) is 36.5 Å². The van der Waals surface area contributed by atoms with Gasteiger partial charge in [0.05, 0.1) is 5.56 Å². The Kier molecular flexibility index (Phi) is 6.09. The summed E-state index contributed by atoms with van der Waals surface area (Å²) in [6.07, 6.45) is 0. The highest BCUT2D eigenvalue weighted by Gasteiger charge is 2.09. The first-order valence-electron chi connectivity index (χ1n) is 6.34. The van der Waals surface area contributed by atoms with Crippen molar-refractivity contribution in [1.82, 2.24) is 4.90 Å². The van der Waals surface area contributed by atoms with Crippen molar-refractivity contribution in [2.75, 3.05) is 26.2 Å². The lowest BCUT2D eigenvalue weighted by atomic mass is 10.1. The zero-order valence-electron chi connectivity index (χ0n) is 11.4. The van der Waals surface area contributed by atoms with Crippen LogP contribution in [0.3, 0.4) is 0 Å². The van der Waals surface area contributed by atoms with Crippen LogP contribution in [-0.2, 0) is 0 Å². The molecule has 0 spiro atoms. The van der Waals surface area contributed by atoms with Crippen molar-refractivity contribution in [1.29, 1.82) is 0 Å². The average Bonchev–Trinajstić information content (AvgIpc) is 2.36. The molecule has 0 saturated heterocycles. The first kappa shape index (κ1) is 14.9. The summed E-state index contributed by atoms with van der Waals surface area (Å²) in [5.74, 6) is 0.817. The second-order valence-corrected chi connectivity index (χ2v) is 4.63. The average molecular weight is 266 g/mol. The molecule has 1 rings (SSSR count). The number of benzene rings is 1. The Morgan fingerprint density at radius 2 is 2.00 bits per heavy atom. The molecular weight excluding hydrogens is 244 g/mol. The molecule has 0 amide bonds. The Hall–Kier alpha value is -1.13. The van der Waals surface area contributed by atoms with Crippen LogP contribution in [-0.4, -0.2) is 36.1 Å². The molecule has 0 aliphatic heterocycles. The van der Waals surface area contributed by atoms with E-state index in [0.29, 0.717) is 11.6 Å². The fourth-order valence-corrected chi connectivity index (χ4v) is 2.02. The second-order valence-electron chi connectivity index (χ2n) is 4.19. The first-order valence-corrected chi connectivity index (χ1v) is 6.75. The maximum atomic E-state index is 5.85. The van der Waals surface area contributed by atoms with Crippen LogP contribution in [0.1, 0.15) is 25.0 Å². The van der Waals surface area contributed by atoms with Crippen LogP contribution < -0.4 is 10.5 Å². The van der Waals surface area contributed by atoms with Gasteiger partial charge in [-0.3, -0.25) is 0 Å². The monoisotopic (exact) mass is 266 g/mol. The van der Waals surface area contributed by atoms with E-state index in [1.807, 2.05) is 25.1 Å². The number of ether oxygens (including phenoxy) is 1. The van der Waals surface area contributed by atoms with Crippen LogP contribution in [0.15, 0.2) is 18.2 Å². The lowest BCUT2D eigenvalue weighted by molar-refractivity contribution is 0.222. The van der Waals surface area contributed by atoms with Crippen LogP contribution >= 0.6 is 12.2 Å². The number of thiocarbonyl (C=S) groups is 1. The largest absolute Gasteiger partial charge is 0.491 e. The van der Waals surface area contributed by atoms with Crippen LogP contribution in [0, 0.1) is 6.92 Å². The lowest BCUT2D eigenvalue weighted by Crippen LogP contribution is -2.28. The molecule has 1 aromatic rings. The summed E-state index contributed by atoms with van der Waals surface area (Å²) in [4.78, 5) is 2.70. The summed E-state index contributed by atoms with van der Waals surface area (Å²) in [6.45, 7) is 9.95. The van der Waals surface area contributed by atoms with E-state index in [2.05, 4.69) is 18.7 Å². The standard InChI is InChI=1S/C14H22N2OS/c1-4-16(5-2)9-10-17-13-11(3)7-6-8-12(13)14(15)18/h6-8H,4-5,9-10H2,1-3H3,(H2,15,18). The Bertz CT molecular complexity index is 403. The number of nitrogens with zero attached hydrogens (tertiary/aromatic N) is 1. The second kappa shape index (κ2) is 7.34. The highest BCUT2D eigenvalue weighted by atomic mass is 32.1. The molecule has 0 aromatic heterocycles. The quantitative estimate of drug-likeness (QED) is 0.769. The summed E-state index contributed by atoms with van der Waals surface area (Å²) in [6, 6.07) is 5.86. The molecular formula is C14H22N2OS. The third kappa shape index (κ3) is 3.96. The number of rotatable bonds is 7. The molecule has 0 atom stereocenters. The fourth-order valence-electron chi connectivity index (χ4n) is 1.85. The van der Waals surface area contributed by atoms with E-state index < -0.39 is 0 Å². The normalized spacial score (nSPS) is 10.7. The van der Waals surface area contributed by atoms with Gasteiger partial charge in [0.15, 0.2) is 0 Å². The number of nitrogens with two attached hydrogens (primary N) is 1. The predicted octanol–water partition coefficient (Wildman–Crippen LogP) is 2.35. The molecule has 0 radical (unpaired) electrons. The van der Waals surface area contributed by atoms with Crippen LogP contribution in [0.2, 0.25) is 0 Å². The van der Waals surface area contributed by atoms with Gasteiger partial charge in [-0.15, -0.1) is 0 Å². The summed E-state index contributed by atoms with van der Waals surface area (Å²) < 4.78 is 5.85. The molecule has 0 saturated carbocycles. The minimum atomic E-state index is 0.386. The smallest absolute Gasteiger partial charge is 0.132 e. The van der Waals surface area contributed by atoms with Gasteiger partial charge in [0, 0.05) is 6.54 Å². The van der Waals surface area contributed by atoms with Crippen molar-refractivity contribution in [2.24, 2.45) is 5.73 Å². The van der Waals surface area contributed by atoms with Gasteiger partial charge in [-0.05, 0) is 31.6 Å². The van der Waals surface area contributed by atoms with Crippen molar-refractivity contribution in [3.8, 4) is 5.75 Å². The topological polar surface area (TPSA) is 38.5 Å². The Labute approximate surface area is 115 Å². The van der Waals surface area contributed by atoms with Gasteiger partial charge in [0.2, 0.25) is 0 Å². The van der Waals surface area contributed by atoms with Crippen molar-refractivity contribution < 1.29 is 4.74 Å². The molecule has 2 N–H and O–H groups in total. The van der Waals surface area contributed by atoms with Gasteiger partial charge in [-0.1, -0.05) is 38.2 Å². The van der Waals surface area contributed by atoms with E-state index in [1.165, 1.54) is 0 Å². The van der Waals surface area contributed by atoms with Crippen molar-refractivity contribution in [3.63, 3.8) is 0 Å². The zero-order valence-corrected chi connectivity index (χ0v) is 12.2. The Balaban J connectivity index is 2.69. The SMILES string of the molecule is CCN(CC)CCOc1c(C)cccc1C(N)=S. The van der Waals surface area contributed by atoms with E-state index in [1.54, 1.807) is 0 Å². The highest BCUT2D eigenvalue weighted by Crippen LogP contribution is 2.23. The van der Waals surface area contributed by atoms with Gasteiger partial charge in [0.1, 0.15) is 17.3 Å². The molecule has 0 aliphatic carbocycles. The van der Waals surface area contributed by atoms with E-state index in [9.17, 15) is 0 Å². The minimum Gasteiger partial charge on any atom is -0.491 e. The molecule has 0 heterocycles. The molecule has 0 bridgehead atoms. The van der Waals surface area contributed by atoms with Gasteiger partial charge in [-0.25, -0.2) is 0 Å². The molecule has 4 heteroatoms. The van der Waals surface area contributed by atoms with Crippen molar-refractivity contribution in [3.05, 3.63) is 29.3 Å². The van der Waals surface area contributed by atoms with Crippen molar-refractivity contribution >= 4 is 17.2 Å². The highest BCUT2D eigenvalue weighted by molar-refractivity contribution is 7.80. The number of aryl methyl sites for hydroxylation is 1. The van der Waals surface area contributed by atoms with E-state index >= 15 is 0 Å². The molecule has 0 fully saturated rings. The number of likely N-dealkylation sites (N-methyl/N-ethyl adjacent to an activating group) is 1. The van der Waals surface area contributed by atoms with E-state index in [-0.39, 0.29) is 0 Å². The van der Waals surface area contributed by atoms with E-state index in [4.69, 9.17) is 22.7 Å². The lowest BCUT2D eigenvalue weighted by Gasteiger charge is -2.19. The molecule has 100 valence electrons.